The molecule has 0 heterocycles. The zero-order chi connectivity index (χ0) is 13.0. The summed E-state index contributed by atoms with van der Waals surface area (Å²) in [5, 5.41) is 11.3. The van der Waals surface area contributed by atoms with Crippen LogP contribution in [0.4, 0.5) is 14.5 Å². The van der Waals surface area contributed by atoms with Crippen LogP contribution in [0, 0.1) is 17.6 Å². The van der Waals surface area contributed by atoms with Crippen molar-refractivity contribution in [2.45, 2.75) is 20.3 Å². The lowest BCUT2D eigenvalue weighted by atomic mass is 10.1. The zero-order valence-electron chi connectivity index (χ0n) is 9.76. The predicted octanol–water partition coefficient (Wildman–Crippen LogP) is 3.12. The SMILES string of the molecule is CC(C)CCNc1c(F)cc(C(=O)O)cc1F. The molecule has 0 spiro atoms. The topological polar surface area (TPSA) is 49.3 Å². The highest BCUT2D eigenvalue weighted by molar-refractivity contribution is 5.88. The summed E-state index contributed by atoms with van der Waals surface area (Å²) in [6.45, 7) is 4.45. The molecule has 3 nitrogen and oxygen atoms in total. The molecule has 2 N–H and O–H groups in total. The van der Waals surface area contributed by atoms with Gasteiger partial charge in [0.25, 0.3) is 0 Å². The molecular formula is C12H15F2NO2. The van der Waals surface area contributed by atoms with Gasteiger partial charge in [-0.2, -0.15) is 0 Å². The third-order valence-corrected chi connectivity index (χ3v) is 2.31. The van der Waals surface area contributed by atoms with Gasteiger partial charge in [-0.05, 0) is 24.5 Å². The van der Waals surface area contributed by atoms with Crippen LogP contribution < -0.4 is 5.32 Å². The van der Waals surface area contributed by atoms with E-state index in [1.165, 1.54) is 0 Å². The highest BCUT2D eigenvalue weighted by Crippen LogP contribution is 2.21. The van der Waals surface area contributed by atoms with Crippen LogP contribution in [0.5, 0.6) is 0 Å². The lowest BCUT2D eigenvalue weighted by Crippen LogP contribution is -2.09. The molecule has 0 aliphatic rings. The van der Waals surface area contributed by atoms with Gasteiger partial charge in [0.15, 0.2) is 0 Å². The fourth-order valence-electron chi connectivity index (χ4n) is 1.35. The van der Waals surface area contributed by atoms with Crippen LogP contribution in [0.1, 0.15) is 30.6 Å². The number of carbonyl (C=O) groups is 1. The predicted molar refractivity (Wildman–Crippen MR) is 61.3 cm³/mol. The number of rotatable bonds is 5. The Hall–Kier alpha value is -1.65. The van der Waals surface area contributed by atoms with E-state index in [4.69, 9.17) is 5.11 Å². The number of hydrogen-bond donors (Lipinski definition) is 2. The third kappa shape index (κ3) is 3.69. The molecule has 94 valence electrons. The third-order valence-electron chi connectivity index (χ3n) is 2.31. The fourth-order valence-corrected chi connectivity index (χ4v) is 1.35. The molecule has 0 saturated carbocycles. The van der Waals surface area contributed by atoms with Crippen molar-refractivity contribution in [1.82, 2.24) is 0 Å². The van der Waals surface area contributed by atoms with E-state index in [9.17, 15) is 13.6 Å². The van der Waals surface area contributed by atoms with Gasteiger partial charge in [-0.25, -0.2) is 13.6 Å². The summed E-state index contributed by atoms with van der Waals surface area (Å²) in [7, 11) is 0. The number of hydrogen-bond acceptors (Lipinski definition) is 2. The van der Waals surface area contributed by atoms with E-state index in [1.54, 1.807) is 0 Å². The number of carboxylic acids is 1. The van der Waals surface area contributed by atoms with Gasteiger partial charge in [0.1, 0.15) is 17.3 Å². The van der Waals surface area contributed by atoms with Crippen molar-refractivity contribution in [3.8, 4) is 0 Å². The zero-order valence-corrected chi connectivity index (χ0v) is 9.76. The van der Waals surface area contributed by atoms with Crippen LogP contribution in [-0.4, -0.2) is 17.6 Å². The second-order valence-electron chi connectivity index (χ2n) is 4.23. The van der Waals surface area contributed by atoms with Gasteiger partial charge in [-0.15, -0.1) is 0 Å². The fraction of sp³-hybridized carbons (Fsp3) is 0.417. The number of aromatic carboxylic acids is 1. The van der Waals surface area contributed by atoms with E-state index in [1.807, 2.05) is 13.8 Å². The minimum atomic E-state index is -1.35. The van der Waals surface area contributed by atoms with Crippen molar-refractivity contribution in [3.63, 3.8) is 0 Å². The van der Waals surface area contributed by atoms with E-state index in [0.29, 0.717) is 12.5 Å². The maximum absolute atomic E-state index is 13.4. The highest BCUT2D eigenvalue weighted by Gasteiger charge is 2.14. The number of benzene rings is 1. The monoisotopic (exact) mass is 243 g/mol. The van der Waals surface area contributed by atoms with Gasteiger partial charge >= 0.3 is 5.97 Å². The average Bonchev–Trinajstić information content (AvgIpc) is 2.21. The van der Waals surface area contributed by atoms with Crippen molar-refractivity contribution in [3.05, 3.63) is 29.3 Å². The van der Waals surface area contributed by atoms with Crippen molar-refractivity contribution < 1.29 is 18.7 Å². The van der Waals surface area contributed by atoms with Crippen molar-refractivity contribution in [2.24, 2.45) is 5.92 Å². The Morgan fingerprint density at radius 1 is 1.35 bits per heavy atom. The van der Waals surface area contributed by atoms with Crippen molar-refractivity contribution in [1.29, 1.82) is 0 Å². The van der Waals surface area contributed by atoms with E-state index in [2.05, 4.69) is 5.32 Å². The number of carboxylic acid groups (broad SMARTS) is 1. The Morgan fingerprint density at radius 3 is 2.29 bits per heavy atom. The Morgan fingerprint density at radius 2 is 1.88 bits per heavy atom. The quantitative estimate of drug-likeness (QED) is 0.835. The first-order valence-electron chi connectivity index (χ1n) is 5.38. The van der Waals surface area contributed by atoms with Crippen molar-refractivity contribution in [2.75, 3.05) is 11.9 Å². The Kier molecular flexibility index (Phi) is 4.43. The minimum absolute atomic E-state index is 0.268. The van der Waals surface area contributed by atoms with Crippen LogP contribution in [0.15, 0.2) is 12.1 Å². The number of nitrogens with one attached hydrogen (secondary N) is 1. The summed E-state index contributed by atoms with van der Waals surface area (Å²) in [6, 6.07) is 1.62. The summed E-state index contributed by atoms with van der Waals surface area (Å²) in [6.07, 6.45) is 0.777. The molecule has 0 fully saturated rings. The second-order valence-corrected chi connectivity index (χ2v) is 4.23. The molecule has 0 aliphatic carbocycles. The van der Waals surface area contributed by atoms with Gasteiger partial charge in [-0.3, -0.25) is 0 Å². The number of anilines is 1. The molecule has 0 bridgehead atoms. The molecule has 0 radical (unpaired) electrons. The molecule has 1 aromatic carbocycles. The molecular weight excluding hydrogens is 228 g/mol. The molecule has 0 aliphatic heterocycles. The minimum Gasteiger partial charge on any atom is -0.478 e. The molecule has 0 amide bonds. The highest BCUT2D eigenvalue weighted by atomic mass is 19.1. The summed E-state index contributed by atoms with van der Waals surface area (Å²) in [5.74, 6) is -2.69. The van der Waals surface area contributed by atoms with E-state index < -0.39 is 23.2 Å². The molecule has 0 unspecified atom stereocenters. The number of halogens is 2. The van der Waals surface area contributed by atoms with Gasteiger partial charge in [0.2, 0.25) is 0 Å². The van der Waals surface area contributed by atoms with Crippen LogP contribution in [0.2, 0.25) is 0 Å². The van der Waals surface area contributed by atoms with Crippen LogP contribution in [0.3, 0.4) is 0 Å². The average molecular weight is 243 g/mol. The summed E-state index contributed by atoms with van der Waals surface area (Å²) < 4.78 is 26.9. The largest absolute Gasteiger partial charge is 0.478 e. The Bertz CT molecular complexity index is 396. The van der Waals surface area contributed by atoms with E-state index >= 15 is 0 Å². The molecule has 0 saturated heterocycles. The molecule has 1 aromatic rings. The summed E-state index contributed by atoms with van der Waals surface area (Å²) >= 11 is 0. The summed E-state index contributed by atoms with van der Waals surface area (Å²) in [4.78, 5) is 10.6. The smallest absolute Gasteiger partial charge is 0.335 e. The summed E-state index contributed by atoms with van der Waals surface area (Å²) in [5.41, 5.74) is -0.662. The maximum atomic E-state index is 13.4. The lowest BCUT2D eigenvalue weighted by molar-refractivity contribution is 0.0696. The second kappa shape index (κ2) is 5.61. The molecule has 17 heavy (non-hydrogen) atoms. The van der Waals surface area contributed by atoms with Crippen molar-refractivity contribution >= 4 is 11.7 Å². The standard InChI is InChI=1S/C12H15F2NO2/c1-7(2)3-4-15-11-9(13)5-8(12(16)17)6-10(11)14/h5-7,15H,3-4H2,1-2H3,(H,16,17). The van der Waals surface area contributed by atoms with Gasteiger partial charge in [0, 0.05) is 6.54 Å². The first kappa shape index (κ1) is 13.4. The van der Waals surface area contributed by atoms with Crippen LogP contribution >= 0.6 is 0 Å². The van der Waals surface area contributed by atoms with Gasteiger partial charge in [-0.1, -0.05) is 13.8 Å². The normalized spacial score (nSPS) is 10.6. The van der Waals surface area contributed by atoms with E-state index in [-0.39, 0.29) is 5.69 Å². The van der Waals surface area contributed by atoms with Crippen LogP contribution in [-0.2, 0) is 0 Å². The molecule has 5 heteroatoms. The van der Waals surface area contributed by atoms with Gasteiger partial charge in [0.05, 0.1) is 5.56 Å². The maximum Gasteiger partial charge on any atom is 0.335 e. The first-order chi connectivity index (χ1) is 7.91. The van der Waals surface area contributed by atoms with Crippen LogP contribution in [0.25, 0.3) is 0 Å². The lowest BCUT2D eigenvalue weighted by Gasteiger charge is -2.10. The molecule has 1 rings (SSSR count). The molecule has 0 atom stereocenters. The Balaban J connectivity index is 2.83. The molecule has 0 aromatic heterocycles. The van der Waals surface area contributed by atoms with Gasteiger partial charge < -0.3 is 10.4 Å². The van der Waals surface area contributed by atoms with E-state index in [0.717, 1.165) is 18.6 Å². The first-order valence-corrected chi connectivity index (χ1v) is 5.38. The Labute approximate surface area is 98.5 Å².